The molecule has 18 heavy (non-hydrogen) atoms. The maximum absolute atomic E-state index is 2.68. The largest absolute Gasteiger partial charge is 0.361 e. The lowest BCUT2D eigenvalue weighted by molar-refractivity contribution is -0.00179. The predicted molar refractivity (Wildman–Crippen MR) is 78.4 cm³/mol. The van der Waals surface area contributed by atoms with Gasteiger partial charge in [0.05, 0.1) is 5.00 Å². The lowest BCUT2D eigenvalue weighted by Gasteiger charge is -2.60. The van der Waals surface area contributed by atoms with Gasteiger partial charge in [0.1, 0.15) is 0 Å². The van der Waals surface area contributed by atoms with Crippen LogP contribution in [0.4, 0.5) is 5.00 Å². The van der Waals surface area contributed by atoms with Crippen LogP contribution in [-0.2, 0) is 0 Å². The highest BCUT2D eigenvalue weighted by atomic mass is 32.1. The van der Waals surface area contributed by atoms with Gasteiger partial charge in [0.2, 0.25) is 0 Å². The molecule has 2 heteroatoms. The molecule has 4 bridgehead atoms. The van der Waals surface area contributed by atoms with Crippen LogP contribution in [0, 0.1) is 24.7 Å². The van der Waals surface area contributed by atoms with Gasteiger partial charge in [0, 0.05) is 12.6 Å². The normalized spacial score (nSPS) is 41.3. The Morgan fingerprint density at radius 3 is 2.11 bits per heavy atom. The van der Waals surface area contributed by atoms with Crippen molar-refractivity contribution in [3.8, 4) is 0 Å². The van der Waals surface area contributed by atoms with Crippen LogP contribution >= 0.6 is 11.3 Å². The average Bonchev–Trinajstić information content (AvgIpc) is 2.72. The maximum atomic E-state index is 2.68. The van der Waals surface area contributed by atoms with Gasteiger partial charge in [0.15, 0.2) is 0 Å². The number of hydrogen-bond acceptors (Lipinski definition) is 2. The molecule has 4 saturated carbocycles. The molecule has 0 atom stereocenters. The molecule has 4 aliphatic carbocycles. The number of anilines is 1. The summed E-state index contributed by atoms with van der Waals surface area (Å²) < 4.78 is 0. The molecule has 0 N–H and O–H groups in total. The Kier molecular flexibility index (Phi) is 2.36. The zero-order chi connectivity index (χ0) is 12.3. The summed E-state index contributed by atoms with van der Waals surface area (Å²) in [6.07, 6.45) is 9.01. The number of thiophene rings is 1. The summed E-state index contributed by atoms with van der Waals surface area (Å²) >= 11 is 1.93. The van der Waals surface area contributed by atoms with Crippen molar-refractivity contribution in [2.24, 2.45) is 17.8 Å². The molecule has 0 unspecified atom stereocenters. The number of hydrogen-bond donors (Lipinski definition) is 0. The third kappa shape index (κ3) is 1.51. The molecule has 1 heterocycles. The van der Waals surface area contributed by atoms with E-state index in [0.717, 1.165) is 17.8 Å². The second kappa shape index (κ2) is 3.75. The van der Waals surface area contributed by atoms with Gasteiger partial charge in [-0.05, 0) is 80.2 Å². The fourth-order valence-electron chi connectivity index (χ4n) is 5.40. The van der Waals surface area contributed by atoms with Crippen molar-refractivity contribution in [1.29, 1.82) is 0 Å². The summed E-state index contributed by atoms with van der Waals surface area (Å²) in [5.74, 6) is 3.12. The van der Waals surface area contributed by atoms with Gasteiger partial charge >= 0.3 is 0 Å². The average molecular weight is 261 g/mol. The fourth-order valence-corrected chi connectivity index (χ4v) is 6.41. The quantitative estimate of drug-likeness (QED) is 0.759. The van der Waals surface area contributed by atoms with E-state index in [0.29, 0.717) is 5.54 Å². The first-order chi connectivity index (χ1) is 8.66. The molecule has 5 rings (SSSR count). The lowest BCUT2D eigenvalue weighted by Crippen LogP contribution is -2.59. The number of rotatable bonds is 2. The molecule has 0 spiro atoms. The molecule has 1 nitrogen and oxygen atoms in total. The van der Waals surface area contributed by atoms with Gasteiger partial charge in [-0.2, -0.15) is 0 Å². The molecular weight excluding hydrogens is 238 g/mol. The minimum atomic E-state index is 0.518. The monoisotopic (exact) mass is 261 g/mol. The Labute approximate surface area is 114 Å². The maximum Gasteiger partial charge on any atom is 0.0940 e. The molecule has 98 valence electrons. The first-order valence-corrected chi connectivity index (χ1v) is 8.32. The van der Waals surface area contributed by atoms with Crippen LogP contribution in [0.1, 0.15) is 44.1 Å². The van der Waals surface area contributed by atoms with E-state index in [1.807, 2.05) is 11.3 Å². The van der Waals surface area contributed by atoms with Crippen LogP contribution in [0.5, 0.6) is 0 Å². The highest BCUT2D eigenvalue weighted by Crippen LogP contribution is 2.58. The zero-order valence-electron chi connectivity index (χ0n) is 11.5. The van der Waals surface area contributed by atoms with Crippen LogP contribution in [-0.4, -0.2) is 12.6 Å². The lowest BCUT2D eigenvalue weighted by atomic mass is 9.52. The molecule has 4 aliphatic rings. The van der Waals surface area contributed by atoms with Gasteiger partial charge < -0.3 is 4.90 Å². The Bertz CT molecular complexity index is 426. The van der Waals surface area contributed by atoms with Gasteiger partial charge in [-0.25, -0.2) is 0 Å². The molecule has 4 fully saturated rings. The third-order valence-corrected chi connectivity index (χ3v) is 6.95. The number of aryl methyl sites for hydroxylation is 1. The van der Waals surface area contributed by atoms with E-state index in [1.165, 1.54) is 49.1 Å². The first kappa shape index (κ1) is 11.3. The van der Waals surface area contributed by atoms with Crippen LogP contribution in [0.25, 0.3) is 0 Å². The summed E-state index contributed by atoms with van der Waals surface area (Å²) in [6, 6.07) is 2.27. The summed E-state index contributed by atoms with van der Waals surface area (Å²) in [7, 11) is 2.37. The molecule has 0 radical (unpaired) electrons. The molecule has 0 saturated heterocycles. The van der Waals surface area contributed by atoms with Crippen LogP contribution in [0.15, 0.2) is 11.4 Å². The van der Waals surface area contributed by atoms with E-state index >= 15 is 0 Å². The first-order valence-electron chi connectivity index (χ1n) is 7.44. The summed E-state index contributed by atoms with van der Waals surface area (Å²) in [5, 5.41) is 3.78. The van der Waals surface area contributed by atoms with E-state index in [1.54, 1.807) is 0 Å². The van der Waals surface area contributed by atoms with E-state index in [4.69, 9.17) is 0 Å². The fraction of sp³-hybridized carbons (Fsp3) is 0.750. The Hall–Kier alpha value is -0.500. The Morgan fingerprint density at radius 2 is 1.67 bits per heavy atom. The zero-order valence-corrected chi connectivity index (χ0v) is 12.3. The van der Waals surface area contributed by atoms with Gasteiger partial charge in [-0.15, -0.1) is 11.3 Å². The van der Waals surface area contributed by atoms with Gasteiger partial charge in [-0.3, -0.25) is 0 Å². The SMILES string of the molecule is Cc1ccsc1N(C)C12CC3CC(CC(C3)C1)C2. The second-order valence-electron chi connectivity index (χ2n) is 7.11. The van der Waals surface area contributed by atoms with Crippen LogP contribution < -0.4 is 4.90 Å². The number of nitrogens with zero attached hydrogens (tertiary/aromatic N) is 1. The molecular formula is C16H23NS. The van der Waals surface area contributed by atoms with E-state index in [2.05, 4.69) is 30.3 Å². The molecule has 0 amide bonds. The highest BCUT2D eigenvalue weighted by molar-refractivity contribution is 7.14. The molecule has 0 aromatic carbocycles. The standard InChI is InChI=1S/C16H23NS/c1-11-3-4-18-15(11)17(2)16-8-12-5-13(9-16)7-14(6-12)10-16/h3-4,12-14H,5-10H2,1-2H3. The third-order valence-electron chi connectivity index (χ3n) is 5.86. The Balaban J connectivity index is 1.69. The van der Waals surface area contributed by atoms with E-state index < -0.39 is 0 Å². The van der Waals surface area contributed by atoms with Crippen molar-refractivity contribution in [3.63, 3.8) is 0 Å². The van der Waals surface area contributed by atoms with Crippen LogP contribution in [0.2, 0.25) is 0 Å². The molecule has 0 aliphatic heterocycles. The van der Waals surface area contributed by atoms with Crippen LogP contribution in [0.3, 0.4) is 0 Å². The molecule has 1 aromatic heterocycles. The summed E-state index contributed by atoms with van der Waals surface area (Å²) in [6.45, 7) is 2.27. The van der Waals surface area contributed by atoms with Gasteiger partial charge in [0.25, 0.3) is 0 Å². The van der Waals surface area contributed by atoms with E-state index in [-0.39, 0.29) is 0 Å². The second-order valence-corrected chi connectivity index (χ2v) is 8.00. The van der Waals surface area contributed by atoms with Crippen molar-refractivity contribution in [2.75, 3.05) is 11.9 Å². The van der Waals surface area contributed by atoms with E-state index in [9.17, 15) is 0 Å². The minimum Gasteiger partial charge on any atom is -0.361 e. The summed E-state index contributed by atoms with van der Waals surface area (Å²) in [5.41, 5.74) is 1.99. The smallest absolute Gasteiger partial charge is 0.0940 e. The van der Waals surface area contributed by atoms with Crippen molar-refractivity contribution in [1.82, 2.24) is 0 Å². The van der Waals surface area contributed by atoms with Crippen molar-refractivity contribution in [2.45, 2.75) is 51.0 Å². The minimum absolute atomic E-state index is 0.518. The van der Waals surface area contributed by atoms with Gasteiger partial charge in [-0.1, -0.05) is 0 Å². The molecule has 1 aromatic rings. The van der Waals surface area contributed by atoms with Crippen molar-refractivity contribution < 1.29 is 0 Å². The van der Waals surface area contributed by atoms with Crippen molar-refractivity contribution in [3.05, 3.63) is 17.0 Å². The topological polar surface area (TPSA) is 3.24 Å². The van der Waals surface area contributed by atoms with Crippen molar-refractivity contribution >= 4 is 16.3 Å². The Morgan fingerprint density at radius 1 is 1.11 bits per heavy atom. The predicted octanol–water partition coefficient (Wildman–Crippen LogP) is 4.46. The highest BCUT2D eigenvalue weighted by Gasteiger charge is 2.53. The summed E-state index contributed by atoms with van der Waals surface area (Å²) in [4.78, 5) is 2.68.